The number of phenols is 2. The number of carbonyl (C=O) groups excluding carboxylic acids is 1. The van der Waals surface area contributed by atoms with Gasteiger partial charge in [0.15, 0.2) is 23.0 Å². The number of aromatic hydroxyl groups is 2. The minimum Gasteiger partial charge on any atom is -0.502 e. The summed E-state index contributed by atoms with van der Waals surface area (Å²) in [5.41, 5.74) is 1.38. The predicted octanol–water partition coefficient (Wildman–Crippen LogP) is 3.39. The van der Waals surface area contributed by atoms with Gasteiger partial charge < -0.3 is 43.4 Å². The summed E-state index contributed by atoms with van der Waals surface area (Å²) in [5.74, 6) is -0.303. The molecule has 0 saturated carbocycles. The average molecular weight is 493 g/mol. The molecule has 1 saturated heterocycles. The second-order valence-electron chi connectivity index (χ2n) is 8.09. The molecule has 0 unspecified atom stereocenters. The minimum absolute atomic E-state index is 0.0718. The van der Waals surface area contributed by atoms with E-state index in [2.05, 4.69) is 0 Å². The zero-order valence-electron chi connectivity index (χ0n) is 20.7. The van der Waals surface area contributed by atoms with Gasteiger partial charge in [0.05, 0.1) is 53.9 Å². The first-order chi connectivity index (χ1) is 16.8. The van der Waals surface area contributed by atoms with E-state index in [1.807, 2.05) is 0 Å². The normalized spacial score (nSPS) is 20.2. The highest BCUT2D eigenvalue weighted by Gasteiger charge is 2.44. The summed E-state index contributed by atoms with van der Waals surface area (Å²) in [6, 6.07) is 6.68. The number of esters is 1. The Morgan fingerprint density at radius 1 is 0.914 bits per heavy atom. The first kappa shape index (κ1) is 26.2. The fraction of sp³-hybridized carbons (Fsp3) is 0.480. The van der Waals surface area contributed by atoms with Gasteiger partial charge in [-0.25, -0.2) is 0 Å². The summed E-state index contributed by atoms with van der Waals surface area (Å²) in [5, 5.41) is 20.6. The number of carbonyl (C=O) groups is 1. The average Bonchev–Trinajstić information content (AvgIpc) is 3.27. The molecule has 10 nitrogen and oxygen atoms in total. The fourth-order valence-electron chi connectivity index (χ4n) is 4.48. The number of phenolic OH excluding ortho intramolecular Hbond substituents is 2. The minimum atomic E-state index is -0.513. The molecule has 0 amide bonds. The smallest absolute Gasteiger partial charge is 0.302 e. The lowest BCUT2D eigenvalue weighted by atomic mass is 9.82. The SMILES string of the molecule is COc1cc([C@@H](OC)[C@@H]2CO[C@@H](c3cc(OC)c(O)c(OC)c3)[C@@H]2COC(C)=O)cc(OC)c1O. The van der Waals surface area contributed by atoms with Crippen LogP contribution in [0.25, 0.3) is 0 Å². The molecule has 2 aromatic rings. The van der Waals surface area contributed by atoms with E-state index in [-0.39, 0.29) is 59.5 Å². The van der Waals surface area contributed by atoms with Crippen molar-refractivity contribution in [2.45, 2.75) is 19.1 Å². The number of benzene rings is 2. The van der Waals surface area contributed by atoms with Crippen LogP contribution in [0.1, 0.15) is 30.3 Å². The van der Waals surface area contributed by atoms with Crippen molar-refractivity contribution in [1.29, 1.82) is 0 Å². The van der Waals surface area contributed by atoms with Crippen molar-refractivity contribution >= 4 is 5.97 Å². The van der Waals surface area contributed by atoms with Gasteiger partial charge in [-0.15, -0.1) is 0 Å². The van der Waals surface area contributed by atoms with E-state index in [4.69, 9.17) is 33.2 Å². The van der Waals surface area contributed by atoms with Gasteiger partial charge in [-0.3, -0.25) is 4.79 Å². The molecule has 4 atom stereocenters. The van der Waals surface area contributed by atoms with Crippen LogP contribution in [0.4, 0.5) is 0 Å². The monoisotopic (exact) mass is 492 g/mol. The largest absolute Gasteiger partial charge is 0.502 e. The maximum atomic E-state index is 11.7. The summed E-state index contributed by atoms with van der Waals surface area (Å²) < 4.78 is 38.7. The topological polar surface area (TPSA) is 122 Å². The number of hydrogen-bond acceptors (Lipinski definition) is 10. The third kappa shape index (κ3) is 5.33. The first-order valence-electron chi connectivity index (χ1n) is 11.0. The number of rotatable bonds is 10. The van der Waals surface area contributed by atoms with E-state index in [1.54, 1.807) is 31.4 Å². The van der Waals surface area contributed by atoms with E-state index in [0.29, 0.717) is 11.1 Å². The third-order valence-electron chi connectivity index (χ3n) is 6.19. The van der Waals surface area contributed by atoms with Crippen LogP contribution in [0.3, 0.4) is 0 Å². The zero-order chi connectivity index (χ0) is 25.7. The molecule has 3 rings (SSSR count). The van der Waals surface area contributed by atoms with E-state index < -0.39 is 18.2 Å². The van der Waals surface area contributed by atoms with Gasteiger partial charge in [-0.1, -0.05) is 0 Å². The van der Waals surface area contributed by atoms with E-state index in [0.717, 1.165) is 0 Å². The number of ether oxygens (including phenoxy) is 7. The van der Waals surface area contributed by atoms with Crippen LogP contribution < -0.4 is 18.9 Å². The van der Waals surface area contributed by atoms with Gasteiger partial charge >= 0.3 is 5.97 Å². The second kappa shape index (κ2) is 11.4. The van der Waals surface area contributed by atoms with Crippen LogP contribution in [-0.4, -0.2) is 64.9 Å². The van der Waals surface area contributed by atoms with Crippen LogP contribution >= 0.6 is 0 Å². The van der Waals surface area contributed by atoms with Crippen molar-refractivity contribution in [2.75, 3.05) is 48.8 Å². The summed E-state index contributed by atoms with van der Waals surface area (Å²) in [4.78, 5) is 11.7. The molecule has 192 valence electrons. The molecule has 1 aliphatic rings. The molecule has 10 heteroatoms. The van der Waals surface area contributed by atoms with Gasteiger partial charge in [0.2, 0.25) is 11.5 Å². The van der Waals surface area contributed by atoms with E-state index >= 15 is 0 Å². The van der Waals surface area contributed by atoms with Gasteiger partial charge in [-0.05, 0) is 35.4 Å². The van der Waals surface area contributed by atoms with Crippen LogP contribution in [0.15, 0.2) is 24.3 Å². The van der Waals surface area contributed by atoms with E-state index in [9.17, 15) is 15.0 Å². The van der Waals surface area contributed by atoms with Crippen molar-refractivity contribution in [3.8, 4) is 34.5 Å². The Labute approximate surface area is 204 Å². The molecule has 0 aromatic heterocycles. The van der Waals surface area contributed by atoms with Crippen LogP contribution in [-0.2, 0) is 19.0 Å². The Balaban J connectivity index is 2.04. The predicted molar refractivity (Wildman–Crippen MR) is 124 cm³/mol. The van der Waals surface area contributed by atoms with Crippen molar-refractivity contribution in [3.63, 3.8) is 0 Å². The maximum Gasteiger partial charge on any atom is 0.302 e. The van der Waals surface area contributed by atoms with Gasteiger partial charge in [0.1, 0.15) is 0 Å². The quantitative estimate of drug-likeness (QED) is 0.477. The van der Waals surface area contributed by atoms with Crippen LogP contribution in [0.5, 0.6) is 34.5 Å². The van der Waals surface area contributed by atoms with Crippen molar-refractivity contribution in [1.82, 2.24) is 0 Å². The molecule has 0 aliphatic carbocycles. The molecule has 2 aromatic carbocycles. The molecule has 0 spiro atoms. The second-order valence-corrected chi connectivity index (χ2v) is 8.09. The summed E-state index contributed by atoms with van der Waals surface area (Å²) >= 11 is 0. The lowest BCUT2D eigenvalue weighted by Crippen LogP contribution is -2.28. The molecule has 0 bridgehead atoms. The molecular formula is C25H32O10. The molecule has 2 N–H and O–H groups in total. The van der Waals surface area contributed by atoms with Crippen molar-refractivity contribution < 1.29 is 48.2 Å². The van der Waals surface area contributed by atoms with Gasteiger partial charge in [0.25, 0.3) is 0 Å². The van der Waals surface area contributed by atoms with Crippen LogP contribution in [0, 0.1) is 11.8 Å². The van der Waals surface area contributed by atoms with Crippen molar-refractivity contribution in [2.24, 2.45) is 11.8 Å². The Hall–Kier alpha value is -3.37. The lowest BCUT2D eigenvalue weighted by molar-refractivity contribution is -0.143. The van der Waals surface area contributed by atoms with Crippen LogP contribution in [0.2, 0.25) is 0 Å². The third-order valence-corrected chi connectivity index (χ3v) is 6.19. The number of methoxy groups -OCH3 is 5. The first-order valence-corrected chi connectivity index (χ1v) is 11.0. The molecular weight excluding hydrogens is 460 g/mol. The Morgan fingerprint density at radius 2 is 1.40 bits per heavy atom. The van der Waals surface area contributed by atoms with Gasteiger partial charge in [-0.2, -0.15) is 0 Å². The molecule has 1 fully saturated rings. The standard InChI is InChI=1S/C25H32O10/c1-13(26)34-11-17-16(24(33-6)14-7-18(29-2)22(27)19(8-14)30-3)12-35-25(17)15-9-20(31-4)23(28)21(10-15)32-5/h7-10,16-17,24-25,27-28H,11-12H2,1-6H3/t16-,17-,24-,25+/m1/s1. The molecule has 35 heavy (non-hydrogen) atoms. The molecule has 0 radical (unpaired) electrons. The Kier molecular flexibility index (Phi) is 8.52. The Morgan fingerprint density at radius 3 is 1.83 bits per heavy atom. The Bertz CT molecular complexity index is 987. The van der Waals surface area contributed by atoms with Crippen molar-refractivity contribution in [3.05, 3.63) is 35.4 Å². The highest BCUT2D eigenvalue weighted by atomic mass is 16.5. The summed E-state index contributed by atoms with van der Waals surface area (Å²) in [6.07, 6.45) is -1.02. The summed E-state index contributed by atoms with van der Waals surface area (Å²) in [7, 11) is 7.35. The highest BCUT2D eigenvalue weighted by Crippen LogP contribution is 2.50. The van der Waals surface area contributed by atoms with E-state index in [1.165, 1.54) is 35.4 Å². The molecule has 1 heterocycles. The lowest BCUT2D eigenvalue weighted by Gasteiger charge is -2.29. The maximum absolute atomic E-state index is 11.7. The fourth-order valence-corrected chi connectivity index (χ4v) is 4.48. The molecule has 1 aliphatic heterocycles. The summed E-state index contributed by atoms with van der Waals surface area (Å²) in [6.45, 7) is 1.70. The number of hydrogen-bond donors (Lipinski definition) is 2. The highest BCUT2D eigenvalue weighted by molar-refractivity contribution is 5.66. The van der Waals surface area contributed by atoms with Gasteiger partial charge in [0, 0.05) is 25.9 Å². The zero-order valence-corrected chi connectivity index (χ0v) is 20.7.